The Labute approximate surface area is 219 Å². The first-order chi connectivity index (χ1) is 17.7. The van der Waals surface area contributed by atoms with Crippen molar-refractivity contribution in [2.45, 2.75) is 62.3 Å². The van der Waals surface area contributed by atoms with Gasteiger partial charge in [-0.15, -0.1) is 0 Å². The molecule has 5 N–H and O–H groups in total. The van der Waals surface area contributed by atoms with Crippen molar-refractivity contribution in [1.82, 2.24) is 31.5 Å². The quantitative estimate of drug-likeness (QED) is 0.191. The van der Waals surface area contributed by atoms with Gasteiger partial charge in [-0.05, 0) is 56.4 Å². The van der Waals surface area contributed by atoms with Crippen LogP contribution in [-0.2, 0) is 4.79 Å². The summed E-state index contributed by atoms with van der Waals surface area (Å²) in [5, 5.41) is 16.5. The summed E-state index contributed by atoms with van der Waals surface area (Å²) in [6.07, 6.45) is 19.9. The number of nitrogens with zero attached hydrogens (tertiary/aromatic N) is 1. The number of carbonyl (C=O) groups is 2. The molecule has 0 aliphatic carbocycles. The molecule has 0 aromatic rings. The molecule has 0 unspecified atom stereocenters. The van der Waals surface area contributed by atoms with Crippen LogP contribution in [0.1, 0.15) is 44.9 Å². The Bertz CT molecular complexity index is 834. The summed E-state index contributed by atoms with van der Waals surface area (Å²) in [5.74, 6) is 1.13. The third kappa shape index (κ3) is 8.62. The fourth-order valence-corrected chi connectivity index (χ4v) is 6.57. The van der Waals surface area contributed by atoms with Crippen LogP contribution in [0.4, 0.5) is 4.79 Å². The largest absolute Gasteiger partial charge is 0.385 e. The molecule has 3 amide bonds. The van der Waals surface area contributed by atoms with Crippen LogP contribution in [0, 0.1) is 0 Å². The summed E-state index contributed by atoms with van der Waals surface area (Å²) in [6.45, 7) is 5.40. The van der Waals surface area contributed by atoms with E-state index in [-0.39, 0.29) is 24.0 Å². The maximum Gasteiger partial charge on any atom is 0.315 e. The molecule has 0 saturated carbocycles. The Morgan fingerprint density at radius 2 is 1.75 bits per heavy atom. The highest BCUT2D eigenvalue weighted by molar-refractivity contribution is 8.00. The van der Waals surface area contributed by atoms with Gasteiger partial charge in [-0.25, -0.2) is 4.79 Å². The Hall–Kier alpha value is -2.39. The van der Waals surface area contributed by atoms with Crippen LogP contribution < -0.4 is 26.6 Å². The molecule has 36 heavy (non-hydrogen) atoms. The summed E-state index contributed by atoms with van der Waals surface area (Å²) in [6, 6.07) is 0.487. The van der Waals surface area contributed by atoms with Crippen LogP contribution in [0.3, 0.4) is 0 Å². The number of hydrogen-bond acceptors (Lipinski definition) is 6. The van der Waals surface area contributed by atoms with Gasteiger partial charge in [0.15, 0.2) is 0 Å². The van der Waals surface area contributed by atoms with Gasteiger partial charge in [0.25, 0.3) is 0 Å². The van der Waals surface area contributed by atoms with Crippen molar-refractivity contribution in [1.29, 1.82) is 0 Å². The molecule has 4 aliphatic rings. The number of fused-ring (bicyclic) bond motifs is 1. The average molecular weight is 515 g/mol. The van der Waals surface area contributed by atoms with Gasteiger partial charge >= 0.3 is 6.03 Å². The Kier molecular flexibility index (Phi) is 10.6. The highest BCUT2D eigenvalue weighted by Crippen LogP contribution is 2.33. The van der Waals surface area contributed by atoms with Crippen molar-refractivity contribution >= 4 is 23.7 Å². The lowest BCUT2D eigenvalue weighted by molar-refractivity contribution is -0.121. The molecule has 8 nitrogen and oxygen atoms in total. The third-order valence-electron chi connectivity index (χ3n) is 7.07. The number of rotatable bonds is 13. The molecule has 4 aliphatic heterocycles. The topological polar surface area (TPSA) is 97.5 Å². The lowest BCUT2D eigenvalue weighted by atomic mass is 10.0. The third-order valence-corrected chi connectivity index (χ3v) is 8.58. The minimum absolute atomic E-state index is 0.0356. The van der Waals surface area contributed by atoms with E-state index in [9.17, 15) is 9.59 Å². The number of urea groups is 1. The zero-order valence-electron chi connectivity index (χ0n) is 21.3. The molecule has 2 saturated heterocycles. The maximum atomic E-state index is 12.3. The minimum Gasteiger partial charge on any atom is -0.385 e. The average Bonchev–Trinajstić information content (AvgIpc) is 3.46. The summed E-state index contributed by atoms with van der Waals surface area (Å²) < 4.78 is 0. The van der Waals surface area contributed by atoms with Crippen LogP contribution >= 0.6 is 11.8 Å². The number of unbranched alkanes of at least 4 members (excludes halogenated alkanes) is 1. The second-order valence-electron chi connectivity index (χ2n) is 9.89. The predicted molar refractivity (Wildman–Crippen MR) is 148 cm³/mol. The molecule has 2 fully saturated rings. The van der Waals surface area contributed by atoms with E-state index in [0.29, 0.717) is 18.2 Å². The molecular formula is C27H42N6O2S. The fraction of sp³-hybridized carbons (Fsp3) is 0.630. The van der Waals surface area contributed by atoms with Gasteiger partial charge in [-0.2, -0.15) is 11.8 Å². The highest BCUT2D eigenvalue weighted by atomic mass is 32.2. The van der Waals surface area contributed by atoms with Crippen LogP contribution in [-0.4, -0.2) is 79.2 Å². The Balaban J connectivity index is 1.11. The molecule has 4 heterocycles. The first kappa shape index (κ1) is 26.7. The van der Waals surface area contributed by atoms with E-state index in [1.54, 1.807) is 0 Å². The van der Waals surface area contributed by atoms with Crippen molar-refractivity contribution in [2.24, 2.45) is 0 Å². The maximum absolute atomic E-state index is 12.3. The van der Waals surface area contributed by atoms with E-state index >= 15 is 0 Å². The number of allylic oxidation sites excluding steroid dienone is 2. The van der Waals surface area contributed by atoms with Crippen LogP contribution in [0.15, 0.2) is 47.9 Å². The fourth-order valence-electron chi connectivity index (χ4n) is 5.02. The van der Waals surface area contributed by atoms with Crippen molar-refractivity contribution < 1.29 is 9.59 Å². The van der Waals surface area contributed by atoms with E-state index in [1.807, 2.05) is 11.8 Å². The normalized spacial score (nSPS) is 27.0. The number of amides is 3. The van der Waals surface area contributed by atoms with E-state index in [2.05, 4.69) is 67.9 Å². The van der Waals surface area contributed by atoms with Crippen LogP contribution in [0.2, 0.25) is 0 Å². The number of nitrogens with one attached hydrogen (secondary N) is 5. The minimum atomic E-state index is -0.0356. The van der Waals surface area contributed by atoms with Crippen molar-refractivity contribution in [3.05, 3.63) is 47.9 Å². The van der Waals surface area contributed by atoms with Gasteiger partial charge in [0.05, 0.1) is 12.1 Å². The van der Waals surface area contributed by atoms with Crippen molar-refractivity contribution in [3.63, 3.8) is 0 Å². The lowest BCUT2D eigenvalue weighted by Crippen LogP contribution is -2.36. The van der Waals surface area contributed by atoms with Crippen molar-refractivity contribution in [3.8, 4) is 0 Å². The van der Waals surface area contributed by atoms with Crippen molar-refractivity contribution in [2.75, 3.05) is 45.0 Å². The molecule has 0 bridgehead atoms. The van der Waals surface area contributed by atoms with Gasteiger partial charge in [-0.3, -0.25) is 9.69 Å². The predicted octanol–water partition coefficient (Wildman–Crippen LogP) is 2.39. The summed E-state index contributed by atoms with van der Waals surface area (Å²) >= 11 is 1.93. The number of carbonyl (C=O) groups excluding carboxylic acids is 2. The summed E-state index contributed by atoms with van der Waals surface area (Å²) in [5.41, 5.74) is 2.39. The standard InChI is InChI=1S/C27H42N6O2S/c34-25(11-2-1-10-24-26-23(20-36-24)31-27(35)32-26)30-16-7-17-33(18-12-21-8-3-5-14-28-21)19-13-22-9-4-6-15-29-22/h3-4,8-9,12-13,23-24,26,28-29H,1-2,5-7,10-11,14-20H2,(H,30,34)(H2,31,32,35)/b21-12-,22-13+/t23-,24-,26-/m0/s1. The van der Waals surface area contributed by atoms with Gasteiger partial charge < -0.3 is 26.6 Å². The molecule has 0 aromatic heterocycles. The van der Waals surface area contributed by atoms with E-state index < -0.39 is 0 Å². The zero-order valence-corrected chi connectivity index (χ0v) is 22.1. The molecule has 3 atom stereocenters. The molecule has 0 aromatic carbocycles. The lowest BCUT2D eigenvalue weighted by Gasteiger charge is -2.21. The number of hydrogen-bond donors (Lipinski definition) is 5. The molecule has 0 radical (unpaired) electrons. The van der Waals surface area contributed by atoms with E-state index in [4.69, 9.17) is 0 Å². The number of thioether (sulfide) groups is 1. The van der Waals surface area contributed by atoms with Gasteiger partial charge in [0.2, 0.25) is 5.91 Å². The summed E-state index contributed by atoms with van der Waals surface area (Å²) in [4.78, 5) is 26.2. The van der Waals surface area contributed by atoms with Gasteiger partial charge in [0, 0.05) is 68.1 Å². The monoisotopic (exact) mass is 514 g/mol. The molecular weight excluding hydrogens is 472 g/mol. The Morgan fingerprint density at radius 3 is 2.42 bits per heavy atom. The van der Waals surface area contributed by atoms with E-state index in [1.165, 1.54) is 11.4 Å². The van der Waals surface area contributed by atoms with Crippen LogP contribution in [0.5, 0.6) is 0 Å². The smallest absolute Gasteiger partial charge is 0.315 e. The molecule has 4 rings (SSSR count). The van der Waals surface area contributed by atoms with Gasteiger partial charge in [0.1, 0.15) is 0 Å². The first-order valence-corrected chi connectivity index (χ1v) is 14.6. The van der Waals surface area contributed by atoms with Gasteiger partial charge in [-0.1, -0.05) is 18.6 Å². The SMILES string of the molecule is O=C(CCCC[C@@H]1SC[C@@H]2NC(=O)N[C@@H]21)NCCCN(C/C=C1/C=CCCN1)C/C=C1\C=CCCN1. The Morgan fingerprint density at radius 1 is 1.03 bits per heavy atom. The molecule has 0 spiro atoms. The summed E-state index contributed by atoms with van der Waals surface area (Å²) in [7, 11) is 0. The molecule has 9 heteroatoms. The molecule has 198 valence electrons. The van der Waals surface area contributed by atoms with E-state index in [0.717, 1.165) is 77.0 Å². The first-order valence-electron chi connectivity index (χ1n) is 13.6. The second-order valence-corrected chi connectivity index (χ2v) is 11.2. The second kappa shape index (κ2) is 14.4. The van der Waals surface area contributed by atoms with Crippen LogP contribution in [0.25, 0.3) is 0 Å². The zero-order chi connectivity index (χ0) is 25.0. The highest BCUT2D eigenvalue weighted by Gasteiger charge is 2.42.